The van der Waals surface area contributed by atoms with E-state index < -0.39 is 18.8 Å². The summed E-state index contributed by atoms with van der Waals surface area (Å²) in [6.45, 7) is 1.48. The zero-order valence-corrected chi connectivity index (χ0v) is 8.30. The largest absolute Gasteiger partial charge is 0.405 e. The van der Waals surface area contributed by atoms with Crippen LogP contribution in [0.4, 0.5) is 18.0 Å². The molecule has 0 saturated carbocycles. The first kappa shape index (κ1) is 12.1. The number of amides is 2. The lowest BCUT2D eigenvalue weighted by atomic mass is 10.3. The molecule has 15 heavy (non-hydrogen) atoms. The summed E-state index contributed by atoms with van der Waals surface area (Å²) in [6.07, 6.45) is -4.37. The van der Waals surface area contributed by atoms with E-state index in [0.29, 0.717) is 19.8 Å². The van der Waals surface area contributed by atoms with Gasteiger partial charge in [0.2, 0.25) is 0 Å². The van der Waals surface area contributed by atoms with Gasteiger partial charge in [-0.05, 0) is 6.92 Å². The van der Waals surface area contributed by atoms with E-state index in [1.807, 2.05) is 5.32 Å². The molecule has 0 aromatic heterocycles. The van der Waals surface area contributed by atoms with Crippen LogP contribution in [0.25, 0.3) is 0 Å². The van der Waals surface area contributed by atoms with Crippen molar-refractivity contribution in [3.63, 3.8) is 0 Å². The number of hydrogen-bond acceptors (Lipinski definition) is 2. The predicted molar refractivity (Wildman–Crippen MR) is 46.4 cm³/mol. The molecule has 1 aliphatic heterocycles. The molecule has 0 aromatic rings. The van der Waals surface area contributed by atoms with E-state index in [9.17, 15) is 18.0 Å². The molecule has 0 bridgehead atoms. The Morgan fingerprint density at radius 2 is 2.27 bits per heavy atom. The topological polar surface area (TPSA) is 41.6 Å². The molecule has 1 fully saturated rings. The fourth-order valence-corrected chi connectivity index (χ4v) is 1.31. The molecule has 2 amide bonds. The zero-order valence-electron chi connectivity index (χ0n) is 8.30. The number of halogens is 3. The highest BCUT2D eigenvalue weighted by molar-refractivity contribution is 5.74. The lowest BCUT2D eigenvalue weighted by Gasteiger charge is -2.33. The average molecular weight is 226 g/mol. The number of alkyl halides is 3. The van der Waals surface area contributed by atoms with Gasteiger partial charge >= 0.3 is 12.2 Å². The highest BCUT2D eigenvalue weighted by Gasteiger charge is 2.30. The number of morpholine rings is 1. The maximum atomic E-state index is 11.8. The van der Waals surface area contributed by atoms with Crippen molar-refractivity contribution < 1.29 is 22.7 Å². The molecule has 7 heteroatoms. The van der Waals surface area contributed by atoms with Gasteiger partial charge < -0.3 is 15.0 Å². The van der Waals surface area contributed by atoms with Crippen molar-refractivity contribution in [2.75, 3.05) is 26.3 Å². The minimum atomic E-state index is -4.37. The molecule has 1 unspecified atom stereocenters. The van der Waals surface area contributed by atoms with E-state index in [0.717, 1.165) is 0 Å². The van der Waals surface area contributed by atoms with Crippen LogP contribution in [0.15, 0.2) is 0 Å². The van der Waals surface area contributed by atoms with Gasteiger partial charge in [0.15, 0.2) is 0 Å². The van der Waals surface area contributed by atoms with Crippen LogP contribution >= 0.6 is 0 Å². The molecule has 0 spiro atoms. The second-order valence-electron chi connectivity index (χ2n) is 3.39. The molecule has 0 aromatic carbocycles. The SMILES string of the molecule is CC1COCCN1C(=O)NCC(F)(F)F. The van der Waals surface area contributed by atoms with Crippen molar-refractivity contribution in [2.45, 2.75) is 19.1 Å². The average Bonchev–Trinajstić information content (AvgIpc) is 2.14. The molecule has 1 rings (SSSR count). The van der Waals surface area contributed by atoms with Crippen LogP contribution in [0, 0.1) is 0 Å². The summed E-state index contributed by atoms with van der Waals surface area (Å²) in [5, 5.41) is 1.83. The highest BCUT2D eigenvalue weighted by Crippen LogP contribution is 2.13. The fourth-order valence-electron chi connectivity index (χ4n) is 1.31. The minimum absolute atomic E-state index is 0.188. The Bertz CT molecular complexity index is 232. The first-order chi connectivity index (χ1) is 6.90. The van der Waals surface area contributed by atoms with Crippen molar-refractivity contribution in [1.29, 1.82) is 0 Å². The van der Waals surface area contributed by atoms with Crippen molar-refractivity contribution in [1.82, 2.24) is 10.2 Å². The van der Waals surface area contributed by atoms with Gasteiger partial charge in [-0.1, -0.05) is 0 Å². The standard InChI is InChI=1S/C8H13F3N2O2/c1-6-4-15-3-2-13(6)7(14)12-5-8(9,10)11/h6H,2-5H2,1H3,(H,12,14). The first-order valence-electron chi connectivity index (χ1n) is 4.59. The summed E-state index contributed by atoms with van der Waals surface area (Å²) in [5.41, 5.74) is 0. The van der Waals surface area contributed by atoms with Gasteiger partial charge in [0.05, 0.1) is 19.3 Å². The van der Waals surface area contributed by atoms with E-state index in [1.165, 1.54) is 4.90 Å². The molecule has 1 N–H and O–H groups in total. The molecular weight excluding hydrogens is 213 g/mol. The summed E-state index contributed by atoms with van der Waals surface area (Å²) in [4.78, 5) is 12.7. The Kier molecular flexibility index (Phi) is 3.78. The predicted octanol–water partition coefficient (Wildman–Crippen LogP) is 0.979. The molecule has 88 valence electrons. The molecule has 1 heterocycles. The van der Waals surface area contributed by atoms with Crippen LogP contribution in [0.1, 0.15) is 6.92 Å². The normalized spacial score (nSPS) is 22.7. The van der Waals surface area contributed by atoms with Gasteiger partial charge in [0.1, 0.15) is 6.54 Å². The Hall–Kier alpha value is -0.980. The molecule has 0 radical (unpaired) electrons. The Labute approximate surface area is 85.4 Å². The van der Waals surface area contributed by atoms with Crippen LogP contribution in [0.5, 0.6) is 0 Å². The number of hydrogen-bond donors (Lipinski definition) is 1. The number of rotatable bonds is 1. The molecule has 1 atom stereocenters. The summed E-state index contributed by atoms with van der Waals surface area (Å²) >= 11 is 0. The van der Waals surface area contributed by atoms with Gasteiger partial charge in [-0.3, -0.25) is 0 Å². The lowest BCUT2D eigenvalue weighted by molar-refractivity contribution is -0.123. The maximum Gasteiger partial charge on any atom is 0.405 e. The monoisotopic (exact) mass is 226 g/mol. The molecule has 1 aliphatic rings. The number of carbonyl (C=O) groups is 1. The molecule has 1 saturated heterocycles. The quantitative estimate of drug-likeness (QED) is 0.724. The summed E-state index contributed by atoms with van der Waals surface area (Å²) in [6, 6.07) is -0.880. The summed E-state index contributed by atoms with van der Waals surface area (Å²) in [7, 11) is 0. The third-order valence-electron chi connectivity index (χ3n) is 2.07. The van der Waals surface area contributed by atoms with Crippen LogP contribution in [0.3, 0.4) is 0 Å². The highest BCUT2D eigenvalue weighted by atomic mass is 19.4. The summed E-state index contributed by atoms with van der Waals surface area (Å²) < 4.78 is 40.5. The Morgan fingerprint density at radius 3 is 2.80 bits per heavy atom. The third kappa shape index (κ3) is 3.94. The van der Waals surface area contributed by atoms with Crippen molar-refractivity contribution >= 4 is 6.03 Å². The molecule has 4 nitrogen and oxygen atoms in total. The Balaban J connectivity index is 2.39. The zero-order chi connectivity index (χ0) is 11.5. The first-order valence-corrected chi connectivity index (χ1v) is 4.59. The smallest absolute Gasteiger partial charge is 0.377 e. The maximum absolute atomic E-state index is 11.8. The van der Waals surface area contributed by atoms with Gasteiger partial charge in [-0.25, -0.2) is 4.79 Å². The Morgan fingerprint density at radius 1 is 1.60 bits per heavy atom. The van der Waals surface area contributed by atoms with Crippen molar-refractivity contribution in [3.8, 4) is 0 Å². The number of carbonyl (C=O) groups excluding carboxylic acids is 1. The van der Waals surface area contributed by atoms with Crippen LogP contribution in [0.2, 0.25) is 0 Å². The van der Waals surface area contributed by atoms with Gasteiger partial charge in [0.25, 0.3) is 0 Å². The van der Waals surface area contributed by atoms with E-state index in [4.69, 9.17) is 4.74 Å². The van der Waals surface area contributed by atoms with Crippen molar-refractivity contribution in [2.24, 2.45) is 0 Å². The number of urea groups is 1. The fraction of sp³-hybridized carbons (Fsp3) is 0.875. The minimum Gasteiger partial charge on any atom is -0.377 e. The van der Waals surface area contributed by atoms with Crippen LogP contribution < -0.4 is 5.32 Å². The van der Waals surface area contributed by atoms with Gasteiger partial charge in [0, 0.05) is 6.54 Å². The second kappa shape index (κ2) is 4.69. The van der Waals surface area contributed by atoms with Gasteiger partial charge in [-0.2, -0.15) is 13.2 Å². The van der Waals surface area contributed by atoms with Crippen LogP contribution in [-0.4, -0.2) is 49.5 Å². The van der Waals surface area contributed by atoms with E-state index >= 15 is 0 Å². The van der Waals surface area contributed by atoms with E-state index in [2.05, 4.69) is 0 Å². The van der Waals surface area contributed by atoms with Crippen molar-refractivity contribution in [3.05, 3.63) is 0 Å². The second-order valence-corrected chi connectivity index (χ2v) is 3.39. The molecule has 0 aliphatic carbocycles. The number of nitrogens with one attached hydrogen (secondary N) is 1. The van der Waals surface area contributed by atoms with E-state index in [1.54, 1.807) is 6.92 Å². The molecular formula is C8H13F3N2O2. The lowest BCUT2D eigenvalue weighted by Crippen LogP contribution is -2.52. The third-order valence-corrected chi connectivity index (χ3v) is 2.07. The number of nitrogens with zero attached hydrogens (tertiary/aromatic N) is 1. The summed E-state index contributed by atoms with van der Waals surface area (Å²) in [5.74, 6) is 0. The van der Waals surface area contributed by atoms with Gasteiger partial charge in [-0.15, -0.1) is 0 Å². The van der Waals surface area contributed by atoms with E-state index in [-0.39, 0.29) is 6.04 Å². The number of ether oxygens (including phenoxy) is 1. The van der Waals surface area contributed by atoms with Crippen LogP contribution in [-0.2, 0) is 4.74 Å².